The van der Waals surface area contributed by atoms with Crippen molar-refractivity contribution in [1.29, 1.82) is 0 Å². The molecule has 6 heteroatoms. The summed E-state index contributed by atoms with van der Waals surface area (Å²) in [5.41, 5.74) is 0.767. The summed E-state index contributed by atoms with van der Waals surface area (Å²) in [6.45, 7) is 1.75. The van der Waals surface area contributed by atoms with Gasteiger partial charge in [-0.15, -0.1) is 0 Å². The van der Waals surface area contributed by atoms with Gasteiger partial charge < -0.3 is 0 Å². The highest BCUT2D eigenvalue weighted by Crippen LogP contribution is 2.22. The van der Waals surface area contributed by atoms with Gasteiger partial charge in [-0.2, -0.15) is 0 Å². The van der Waals surface area contributed by atoms with E-state index in [4.69, 9.17) is 11.6 Å². The van der Waals surface area contributed by atoms with Crippen LogP contribution in [0.25, 0.3) is 0 Å². The van der Waals surface area contributed by atoms with Gasteiger partial charge in [0.05, 0.1) is 0 Å². The molecule has 0 amide bonds. The van der Waals surface area contributed by atoms with Gasteiger partial charge in [0.25, 0.3) is 0 Å². The van der Waals surface area contributed by atoms with E-state index in [2.05, 4.69) is 20.7 Å². The largest absolute Gasteiger partial charge is 0.222 e. The van der Waals surface area contributed by atoms with Crippen molar-refractivity contribution < 1.29 is 8.42 Å². The maximum atomic E-state index is 11.3. The van der Waals surface area contributed by atoms with E-state index in [-0.39, 0.29) is 10.7 Å². The number of sulfonamides is 1. The van der Waals surface area contributed by atoms with Crippen molar-refractivity contribution >= 4 is 37.6 Å². The van der Waals surface area contributed by atoms with Crippen LogP contribution in [-0.4, -0.2) is 13.1 Å². The Kier molecular flexibility index (Phi) is 4.58. The second-order valence-electron chi connectivity index (χ2n) is 3.08. The molecule has 0 saturated carbocycles. The van der Waals surface area contributed by atoms with E-state index in [0.29, 0.717) is 5.02 Å². The van der Waals surface area contributed by atoms with Gasteiger partial charge >= 0.3 is 0 Å². The van der Waals surface area contributed by atoms with Crippen molar-refractivity contribution in [2.75, 3.05) is 4.66 Å². The molecule has 0 fully saturated rings. The molecule has 0 aliphatic heterocycles. The molecule has 0 aliphatic carbocycles. The fourth-order valence-electron chi connectivity index (χ4n) is 1.19. The fourth-order valence-corrected chi connectivity index (χ4v) is 2.62. The Morgan fingerprint density at radius 3 is 2.60 bits per heavy atom. The van der Waals surface area contributed by atoms with Gasteiger partial charge in [-0.3, -0.25) is 0 Å². The molecule has 15 heavy (non-hydrogen) atoms. The third-order valence-corrected chi connectivity index (χ3v) is 5.02. The highest BCUT2D eigenvalue weighted by Gasteiger charge is 2.15. The summed E-state index contributed by atoms with van der Waals surface area (Å²) in [5.74, 6) is 0. The van der Waals surface area contributed by atoms with Crippen LogP contribution in [0.5, 0.6) is 0 Å². The number of hydrogen-bond donors (Lipinski definition) is 1. The van der Waals surface area contributed by atoms with Crippen molar-refractivity contribution in [2.45, 2.75) is 13.0 Å². The van der Waals surface area contributed by atoms with Gasteiger partial charge in [-0.05, 0) is 18.6 Å². The predicted molar refractivity (Wildman–Crippen MR) is 65.7 cm³/mol. The number of hydrogen-bond acceptors (Lipinski definition) is 2. The van der Waals surface area contributed by atoms with Crippen LogP contribution in [0.3, 0.4) is 0 Å². The van der Waals surface area contributed by atoms with Gasteiger partial charge in [-0.25, -0.2) is 13.1 Å². The quantitative estimate of drug-likeness (QED) is 0.869. The molecule has 0 aliphatic rings. The Morgan fingerprint density at radius 2 is 2.07 bits per heavy atom. The molecule has 0 bridgehead atoms. The van der Waals surface area contributed by atoms with Crippen LogP contribution in [0.4, 0.5) is 0 Å². The number of benzene rings is 1. The second-order valence-corrected chi connectivity index (χ2v) is 6.55. The first kappa shape index (κ1) is 13.0. The molecule has 0 radical (unpaired) electrons. The van der Waals surface area contributed by atoms with E-state index in [0.717, 1.165) is 5.56 Å². The van der Waals surface area contributed by atoms with Gasteiger partial charge in [-0.1, -0.05) is 45.7 Å². The molecule has 1 aromatic rings. The molecular formula is C9H11BrClNO2S. The molecule has 1 rings (SSSR count). The summed E-state index contributed by atoms with van der Waals surface area (Å²) in [7, 11) is -3.28. The summed E-state index contributed by atoms with van der Waals surface area (Å²) in [6.07, 6.45) is 0. The molecule has 0 aromatic heterocycles. The van der Waals surface area contributed by atoms with Crippen LogP contribution in [0.2, 0.25) is 5.02 Å². The van der Waals surface area contributed by atoms with Gasteiger partial charge in [0, 0.05) is 11.1 Å². The van der Waals surface area contributed by atoms with Gasteiger partial charge in [0.1, 0.15) is 4.66 Å². The van der Waals surface area contributed by atoms with Crippen molar-refractivity contribution in [3.8, 4) is 0 Å². The normalized spacial score (nSPS) is 13.8. The SMILES string of the molecule is CC(NS(=O)(=O)CBr)c1ccccc1Cl. The number of nitrogens with one attached hydrogen (secondary N) is 1. The highest BCUT2D eigenvalue weighted by atomic mass is 79.9. The Bertz CT molecular complexity index is 435. The molecule has 0 spiro atoms. The fraction of sp³-hybridized carbons (Fsp3) is 0.333. The summed E-state index contributed by atoms with van der Waals surface area (Å²) in [5, 5.41) is 0.558. The van der Waals surface area contributed by atoms with Crippen LogP contribution in [0.15, 0.2) is 24.3 Å². The van der Waals surface area contributed by atoms with E-state index in [9.17, 15) is 8.42 Å². The van der Waals surface area contributed by atoms with E-state index in [1.807, 2.05) is 6.07 Å². The first-order chi connectivity index (χ1) is 6.96. The Labute approximate surface area is 103 Å². The zero-order valence-electron chi connectivity index (χ0n) is 8.07. The van der Waals surface area contributed by atoms with E-state index in [1.54, 1.807) is 25.1 Å². The third-order valence-electron chi connectivity index (χ3n) is 1.87. The van der Waals surface area contributed by atoms with Crippen LogP contribution >= 0.6 is 27.5 Å². The number of halogens is 2. The number of rotatable bonds is 4. The molecule has 0 saturated heterocycles. The summed E-state index contributed by atoms with van der Waals surface area (Å²) in [4.78, 5) is 0. The Hall–Kier alpha value is -0.100. The Morgan fingerprint density at radius 1 is 1.47 bits per heavy atom. The van der Waals surface area contributed by atoms with Gasteiger partial charge in [0.15, 0.2) is 0 Å². The first-order valence-corrected chi connectivity index (χ1v) is 7.42. The lowest BCUT2D eigenvalue weighted by Gasteiger charge is -2.14. The molecule has 1 aromatic carbocycles. The smallest absolute Gasteiger partial charge is 0.212 e. The van der Waals surface area contributed by atoms with Crippen molar-refractivity contribution in [2.24, 2.45) is 0 Å². The zero-order chi connectivity index (χ0) is 11.5. The van der Waals surface area contributed by atoms with Crippen molar-refractivity contribution in [3.63, 3.8) is 0 Å². The van der Waals surface area contributed by atoms with E-state index >= 15 is 0 Å². The molecule has 1 N–H and O–H groups in total. The zero-order valence-corrected chi connectivity index (χ0v) is 11.2. The maximum absolute atomic E-state index is 11.3. The molecule has 3 nitrogen and oxygen atoms in total. The van der Waals surface area contributed by atoms with Crippen molar-refractivity contribution in [3.05, 3.63) is 34.9 Å². The lowest BCUT2D eigenvalue weighted by molar-refractivity contribution is 0.572. The van der Waals surface area contributed by atoms with Gasteiger partial charge in [0.2, 0.25) is 10.0 Å². The van der Waals surface area contributed by atoms with Crippen LogP contribution in [0.1, 0.15) is 18.5 Å². The van der Waals surface area contributed by atoms with E-state index < -0.39 is 10.0 Å². The molecule has 1 atom stereocenters. The van der Waals surface area contributed by atoms with Crippen LogP contribution in [-0.2, 0) is 10.0 Å². The predicted octanol–water partition coefficient (Wildman–Crippen LogP) is 2.67. The Balaban J connectivity index is 2.87. The summed E-state index contributed by atoms with van der Waals surface area (Å²) in [6, 6.07) is 6.82. The lowest BCUT2D eigenvalue weighted by atomic mass is 10.1. The molecule has 0 heterocycles. The molecule has 84 valence electrons. The van der Waals surface area contributed by atoms with Crippen molar-refractivity contribution in [1.82, 2.24) is 4.72 Å². The van der Waals surface area contributed by atoms with E-state index in [1.165, 1.54) is 0 Å². The minimum atomic E-state index is -3.28. The minimum Gasteiger partial charge on any atom is -0.212 e. The topological polar surface area (TPSA) is 46.2 Å². The average Bonchev–Trinajstić information content (AvgIpc) is 2.17. The average molecular weight is 313 g/mol. The standard InChI is InChI=1S/C9H11BrClNO2S/c1-7(12-15(13,14)6-10)8-4-2-3-5-9(8)11/h2-5,7,12H,6H2,1H3. The van der Waals surface area contributed by atoms with Crippen LogP contribution in [0, 0.1) is 0 Å². The first-order valence-electron chi connectivity index (χ1n) is 4.26. The third kappa shape index (κ3) is 3.75. The minimum absolute atomic E-state index is 0.116. The highest BCUT2D eigenvalue weighted by molar-refractivity contribution is 9.10. The van der Waals surface area contributed by atoms with Crippen LogP contribution < -0.4 is 4.72 Å². The molecule has 1 unspecified atom stereocenters. The monoisotopic (exact) mass is 311 g/mol. The maximum Gasteiger partial charge on any atom is 0.222 e. The summed E-state index contributed by atoms with van der Waals surface area (Å²) >= 11 is 8.85. The summed E-state index contributed by atoms with van der Waals surface area (Å²) < 4.78 is 25.0. The lowest BCUT2D eigenvalue weighted by Crippen LogP contribution is -2.27. The second kappa shape index (κ2) is 5.30. The molecular weight excluding hydrogens is 302 g/mol. The number of alkyl halides is 1.